The van der Waals surface area contributed by atoms with Gasteiger partial charge in [0.15, 0.2) is 0 Å². The van der Waals surface area contributed by atoms with E-state index in [1.165, 1.54) is 12.1 Å². The summed E-state index contributed by atoms with van der Waals surface area (Å²) < 4.78 is 24.7. The summed E-state index contributed by atoms with van der Waals surface area (Å²) in [6.07, 6.45) is 2.04. The van der Waals surface area contributed by atoms with Crippen LogP contribution < -0.4 is 5.14 Å². The molecule has 22 heavy (non-hydrogen) atoms. The zero-order valence-electron chi connectivity index (χ0n) is 12.0. The highest BCUT2D eigenvalue weighted by Crippen LogP contribution is 2.26. The van der Waals surface area contributed by atoms with E-state index in [4.69, 9.17) is 5.14 Å². The number of aryl methyl sites for hydroxylation is 1. The molecule has 0 bridgehead atoms. The minimum Gasteiger partial charge on any atom is -0.316 e. The lowest BCUT2D eigenvalue weighted by Crippen LogP contribution is -2.11. The molecule has 1 aromatic heterocycles. The summed E-state index contributed by atoms with van der Waals surface area (Å²) in [4.78, 5) is 0.111. The van der Waals surface area contributed by atoms with Gasteiger partial charge >= 0.3 is 0 Å². The second-order valence-electron chi connectivity index (χ2n) is 5.10. The van der Waals surface area contributed by atoms with Gasteiger partial charge in [-0.15, -0.1) is 0 Å². The summed E-state index contributed by atoms with van der Waals surface area (Å²) in [5, 5.41) is 5.13. The second-order valence-corrected chi connectivity index (χ2v) is 6.66. The van der Waals surface area contributed by atoms with Crippen LogP contribution in [0.3, 0.4) is 0 Å². The molecule has 111 valence electrons. The molecular formula is C17H15N2O2S. The van der Waals surface area contributed by atoms with Crippen molar-refractivity contribution in [1.29, 1.82) is 0 Å². The van der Waals surface area contributed by atoms with Gasteiger partial charge in [0.05, 0.1) is 10.6 Å². The molecule has 0 atom stereocenters. The number of nitrogens with two attached hydrogens (primary N) is 1. The number of sulfonamides is 1. The Balaban J connectivity index is 2.10. The molecule has 1 heterocycles. The van der Waals surface area contributed by atoms with Crippen LogP contribution in [-0.4, -0.2) is 13.0 Å². The van der Waals surface area contributed by atoms with Crippen molar-refractivity contribution in [1.82, 2.24) is 4.57 Å². The third-order valence-corrected chi connectivity index (χ3v) is 4.34. The van der Waals surface area contributed by atoms with Gasteiger partial charge in [0.1, 0.15) is 0 Å². The average Bonchev–Trinajstić information content (AvgIpc) is 2.89. The number of hydrogen-bond acceptors (Lipinski definition) is 2. The molecule has 2 N–H and O–H groups in total. The number of aromatic nitrogens is 1. The molecule has 0 aliphatic rings. The van der Waals surface area contributed by atoms with Crippen molar-refractivity contribution in [3.8, 4) is 16.9 Å². The average molecular weight is 311 g/mol. The Morgan fingerprint density at radius 1 is 1.05 bits per heavy atom. The largest absolute Gasteiger partial charge is 0.316 e. The summed E-state index contributed by atoms with van der Waals surface area (Å²) in [6, 6.07) is 19.3. The number of rotatable bonds is 3. The Morgan fingerprint density at radius 2 is 1.68 bits per heavy atom. The van der Waals surface area contributed by atoms with E-state index in [9.17, 15) is 8.42 Å². The number of primary sulfonamides is 1. The lowest BCUT2D eigenvalue weighted by atomic mass is 10.1. The minimum atomic E-state index is -3.67. The van der Waals surface area contributed by atoms with Crippen LogP contribution in [0.1, 0.15) is 5.56 Å². The van der Waals surface area contributed by atoms with Gasteiger partial charge in [0.25, 0.3) is 0 Å². The molecule has 3 aromatic rings. The van der Waals surface area contributed by atoms with Gasteiger partial charge in [-0.1, -0.05) is 24.3 Å². The molecule has 0 amide bonds. The molecule has 0 aliphatic heterocycles. The van der Waals surface area contributed by atoms with Gasteiger partial charge < -0.3 is 4.57 Å². The van der Waals surface area contributed by atoms with Gasteiger partial charge in [-0.3, -0.25) is 0 Å². The molecule has 2 aromatic carbocycles. The Bertz CT molecular complexity index is 896. The highest BCUT2D eigenvalue weighted by molar-refractivity contribution is 7.89. The van der Waals surface area contributed by atoms with Crippen molar-refractivity contribution in [3.63, 3.8) is 0 Å². The van der Waals surface area contributed by atoms with Gasteiger partial charge in [-0.05, 0) is 54.4 Å². The van der Waals surface area contributed by atoms with Gasteiger partial charge in [-0.2, -0.15) is 0 Å². The molecule has 0 saturated heterocycles. The van der Waals surface area contributed by atoms with Gasteiger partial charge in [0.2, 0.25) is 10.0 Å². The molecule has 5 heteroatoms. The van der Waals surface area contributed by atoms with Crippen molar-refractivity contribution in [2.45, 2.75) is 11.8 Å². The summed E-state index contributed by atoms with van der Waals surface area (Å²) in [7, 11) is -3.67. The molecule has 0 fully saturated rings. The van der Waals surface area contributed by atoms with Crippen molar-refractivity contribution in [2.75, 3.05) is 0 Å². The van der Waals surface area contributed by atoms with Crippen LogP contribution in [0.4, 0.5) is 0 Å². The lowest BCUT2D eigenvalue weighted by molar-refractivity contribution is 0.598. The fraction of sp³-hybridized carbons (Fsp3) is 0.0588. The smallest absolute Gasteiger partial charge is 0.238 e. The van der Waals surface area contributed by atoms with E-state index in [1.807, 2.05) is 37.4 Å². The standard InChI is InChI=1S/C17H15N2O2S/c1-13-11-17(19(12-13)15-5-3-2-4-6-15)14-7-9-16(10-8-14)22(18,20)21/h3-12H,1H3,(H2,18,20,21). The molecule has 0 spiro atoms. The van der Waals surface area contributed by atoms with E-state index >= 15 is 0 Å². The van der Waals surface area contributed by atoms with Crippen LogP contribution in [-0.2, 0) is 10.0 Å². The summed E-state index contributed by atoms with van der Waals surface area (Å²) in [5.41, 5.74) is 4.06. The first-order valence-corrected chi connectivity index (χ1v) is 8.28. The fourth-order valence-corrected chi connectivity index (χ4v) is 2.90. The molecule has 0 saturated carbocycles. The van der Waals surface area contributed by atoms with E-state index in [0.717, 1.165) is 22.5 Å². The minimum absolute atomic E-state index is 0.111. The Kier molecular flexibility index (Phi) is 3.60. The zero-order valence-corrected chi connectivity index (χ0v) is 12.8. The van der Waals surface area contributed by atoms with Crippen LogP contribution >= 0.6 is 0 Å². The quantitative estimate of drug-likeness (QED) is 0.808. The molecular weight excluding hydrogens is 296 g/mol. The van der Waals surface area contributed by atoms with Crippen molar-refractivity contribution in [2.24, 2.45) is 5.14 Å². The second kappa shape index (κ2) is 5.44. The first kappa shape index (κ1) is 14.6. The first-order valence-electron chi connectivity index (χ1n) is 6.74. The van der Waals surface area contributed by atoms with Crippen molar-refractivity contribution in [3.05, 3.63) is 72.4 Å². The Morgan fingerprint density at radius 3 is 2.27 bits per heavy atom. The van der Waals surface area contributed by atoms with E-state index in [-0.39, 0.29) is 4.90 Å². The fourth-order valence-electron chi connectivity index (χ4n) is 2.39. The van der Waals surface area contributed by atoms with Crippen LogP contribution in [0.2, 0.25) is 0 Å². The Hall–Kier alpha value is -2.37. The summed E-state index contributed by atoms with van der Waals surface area (Å²) in [6.45, 7) is 2.02. The third kappa shape index (κ3) is 2.81. The molecule has 3 rings (SSSR count). The van der Waals surface area contributed by atoms with E-state index in [2.05, 4.69) is 16.7 Å². The molecule has 4 nitrogen and oxygen atoms in total. The highest BCUT2D eigenvalue weighted by Gasteiger charge is 2.11. The van der Waals surface area contributed by atoms with Crippen LogP contribution in [0.25, 0.3) is 16.9 Å². The topological polar surface area (TPSA) is 65.1 Å². The molecule has 0 aliphatic carbocycles. The predicted molar refractivity (Wildman–Crippen MR) is 86.2 cm³/mol. The summed E-state index contributed by atoms with van der Waals surface area (Å²) >= 11 is 0. The van der Waals surface area contributed by atoms with Crippen LogP contribution in [0.5, 0.6) is 0 Å². The number of hydrogen-bond donors (Lipinski definition) is 1. The monoisotopic (exact) mass is 311 g/mol. The van der Waals surface area contributed by atoms with Crippen molar-refractivity contribution < 1.29 is 8.42 Å². The van der Waals surface area contributed by atoms with Gasteiger partial charge in [-0.25, -0.2) is 13.6 Å². The number of benzene rings is 2. The molecule has 0 unspecified atom stereocenters. The number of nitrogens with zero attached hydrogens (tertiary/aromatic N) is 1. The maximum absolute atomic E-state index is 11.3. The molecule has 1 radical (unpaired) electrons. The SMILES string of the molecule is Cc1cc(-c2ccc(S(N)(=O)=O)cc2)n(-c2cc[c]cc2)c1. The maximum Gasteiger partial charge on any atom is 0.238 e. The van der Waals surface area contributed by atoms with E-state index < -0.39 is 10.0 Å². The Labute approximate surface area is 129 Å². The van der Waals surface area contributed by atoms with Gasteiger partial charge in [0, 0.05) is 11.9 Å². The normalized spacial score (nSPS) is 11.5. The third-order valence-electron chi connectivity index (χ3n) is 3.41. The van der Waals surface area contributed by atoms with E-state index in [1.54, 1.807) is 12.1 Å². The van der Waals surface area contributed by atoms with E-state index in [0.29, 0.717) is 0 Å². The highest BCUT2D eigenvalue weighted by atomic mass is 32.2. The first-order chi connectivity index (χ1) is 10.4. The summed E-state index contributed by atoms with van der Waals surface area (Å²) in [5.74, 6) is 0. The van der Waals surface area contributed by atoms with Crippen LogP contribution in [0, 0.1) is 13.0 Å². The predicted octanol–water partition coefficient (Wildman–Crippen LogP) is 2.90. The zero-order chi connectivity index (χ0) is 15.7. The maximum atomic E-state index is 11.3. The van der Waals surface area contributed by atoms with Crippen molar-refractivity contribution >= 4 is 10.0 Å². The van der Waals surface area contributed by atoms with Crippen LogP contribution in [0.15, 0.2) is 65.7 Å². The lowest BCUT2D eigenvalue weighted by Gasteiger charge is -2.09.